The fourth-order valence-corrected chi connectivity index (χ4v) is 2.92. The van der Waals surface area contributed by atoms with E-state index in [2.05, 4.69) is 10.6 Å². The second kappa shape index (κ2) is 7.65. The van der Waals surface area contributed by atoms with Crippen molar-refractivity contribution in [1.82, 2.24) is 5.32 Å². The van der Waals surface area contributed by atoms with E-state index in [4.69, 9.17) is 0 Å². The van der Waals surface area contributed by atoms with Crippen LogP contribution < -0.4 is 10.6 Å². The molecule has 0 aromatic heterocycles. The number of rotatable bonds is 6. The van der Waals surface area contributed by atoms with Gasteiger partial charge in [0.15, 0.2) is 0 Å². The van der Waals surface area contributed by atoms with E-state index in [1.54, 1.807) is 24.3 Å². The fraction of sp³-hybridized carbons (Fsp3) is 0.222. The highest BCUT2D eigenvalue weighted by Crippen LogP contribution is 2.24. The molecule has 4 nitrogen and oxygen atoms in total. The number of anilines is 1. The molecule has 25 heavy (non-hydrogen) atoms. The molecule has 1 aliphatic carbocycles. The standard InChI is InChI=1S/C18H16F2N2O2S/c19-11-5-8-16(14(20)9-11)25-10-17(23)22-15-4-2-1-3-13(15)18(24)21-12-6-7-12/h1-5,8-9,12H,6-7,10H2,(H,21,24)(H,22,23). The van der Waals surface area contributed by atoms with Crippen LogP contribution in [0.2, 0.25) is 0 Å². The van der Waals surface area contributed by atoms with Gasteiger partial charge < -0.3 is 10.6 Å². The third-order valence-electron chi connectivity index (χ3n) is 3.61. The van der Waals surface area contributed by atoms with Crippen LogP contribution >= 0.6 is 11.8 Å². The molecule has 1 aliphatic rings. The van der Waals surface area contributed by atoms with Crippen molar-refractivity contribution in [3.05, 3.63) is 59.7 Å². The molecule has 2 aromatic carbocycles. The first-order valence-corrected chi connectivity index (χ1v) is 8.79. The van der Waals surface area contributed by atoms with Crippen molar-refractivity contribution in [3.63, 3.8) is 0 Å². The Bertz CT molecular complexity index is 809. The average molecular weight is 362 g/mol. The Morgan fingerprint density at radius 2 is 1.88 bits per heavy atom. The summed E-state index contributed by atoms with van der Waals surface area (Å²) in [6.45, 7) is 0. The summed E-state index contributed by atoms with van der Waals surface area (Å²) in [6.07, 6.45) is 1.94. The third kappa shape index (κ3) is 4.79. The van der Waals surface area contributed by atoms with Crippen molar-refractivity contribution in [2.24, 2.45) is 0 Å². The second-order valence-electron chi connectivity index (χ2n) is 5.70. The maximum absolute atomic E-state index is 13.6. The normalized spacial score (nSPS) is 13.4. The summed E-state index contributed by atoms with van der Waals surface area (Å²) in [7, 11) is 0. The van der Waals surface area contributed by atoms with Gasteiger partial charge in [-0.1, -0.05) is 12.1 Å². The van der Waals surface area contributed by atoms with Crippen molar-refractivity contribution in [2.75, 3.05) is 11.1 Å². The largest absolute Gasteiger partial charge is 0.349 e. The Hall–Kier alpha value is -2.41. The maximum atomic E-state index is 13.6. The Balaban J connectivity index is 1.61. The number of hydrogen-bond donors (Lipinski definition) is 2. The Morgan fingerprint density at radius 1 is 1.12 bits per heavy atom. The number of thioether (sulfide) groups is 1. The number of carbonyl (C=O) groups is 2. The molecular weight excluding hydrogens is 346 g/mol. The van der Waals surface area contributed by atoms with E-state index in [1.165, 1.54) is 6.07 Å². The van der Waals surface area contributed by atoms with Crippen LogP contribution in [0, 0.1) is 11.6 Å². The van der Waals surface area contributed by atoms with Crippen LogP contribution in [-0.4, -0.2) is 23.6 Å². The van der Waals surface area contributed by atoms with E-state index < -0.39 is 11.6 Å². The highest BCUT2D eigenvalue weighted by atomic mass is 32.2. The van der Waals surface area contributed by atoms with Gasteiger partial charge in [0.2, 0.25) is 5.91 Å². The minimum Gasteiger partial charge on any atom is -0.349 e. The van der Waals surface area contributed by atoms with Crippen LogP contribution in [0.1, 0.15) is 23.2 Å². The third-order valence-corrected chi connectivity index (χ3v) is 4.66. The molecule has 2 amide bonds. The molecule has 2 aromatic rings. The van der Waals surface area contributed by atoms with Gasteiger partial charge in [0.25, 0.3) is 5.91 Å². The molecule has 7 heteroatoms. The summed E-state index contributed by atoms with van der Waals surface area (Å²) in [6, 6.07) is 10.1. The van der Waals surface area contributed by atoms with Crippen LogP contribution in [0.5, 0.6) is 0 Å². The van der Waals surface area contributed by atoms with E-state index in [9.17, 15) is 18.4 Å². The first-order chi connectivity index (χ1) is 12.0. The lowest BCUT2D eigenvalue weighted by Gasteiger charge is -2.11. The Morgan fingerprint density at radius 3 is 2.60 bits per heavy atom. The molecule has 2 N–H and O–H groups in total. The summed E-state index contributed by atoms with van der Waals surface area (Å²) in [5, 5.41) is 5.54. The van der Waals surface area contributed by atoms with Gasteiger partial charge in [0, 0.05) is 17.0 Å². The first kappa shape index (κ1) is 17.4. The fourth-order valence-electron chi connectivity index (χ4n) is 2.20. The molecule has 1 saturated carbocycles. The zero-order valence-corrected chi connectivity index (χ0v) is 14.0. The van der Waals surface area contributed by atoms with E-state index in [-0.39, 0.29) is 28.5 Å². The number of amides is 2. The Labute approximate surface area is 148 Å². The van der Waals surface area contributed by atoms with Gasteiger partial charge >= 0.3 is 0 Å². The summed E-state index contributed by atoms with van der Waals surface area (Å²) in [5.41, 5.74) is 0.798. The molecule has 0 atom stereocenters. The molecule has 0 heterocycles. The van der Waals surface area contributed by atoms with Crippen molar-refractivity contribution < 1.29 is 18.4 Å². The minimum atomic E-state index is -0.706. The highest BCUT2D eigenvalue weighted by Gasteiger charge is 2.25. The average Bonchev–Trinajstić information content (AvgIpc) is 3.38. The molecule has 0 unspecified atom stereocenters. The lowest BCUT2D eigenvalue weighted by molar-refractivity contribution is -0.113. The molecule has 3 rings (SSSR count). The summed E-state index contributed by atoms with van der Waals surface area (Å²) < 4.78 is 26.5. The van der Waals surface area contributed by atoms with Crippen LogP contribution in [-0.2, 0) is 4.79 Å². The predicted octanol–water partition coefficient (Wildman–Crippen LogP) is 3.59. The Kier molecular flexibility index (Phi) is 5.33. The van der Waals surface area contributed by atoms with Crippen molar-refractivity contribution in [2.45, 2.75) is 23.8 Å². The van der Waals surface area contributed by atoms with Crippen LogP contribution in [0.25, 0.3) is 0 Å². The molecule has 0 radical (unpaired) electrons. The number of benzene rings is 2. The molecule has 0 aliphatic heterocycles. The van der Waals surface area contributed by atoms with E-state index >= 15 is 0 Å². The van der Waals surface area contributed by atoms with Crippen LogP contribution in [0.4, 0.5) is 14.5 Å². The quantitative estimate of drug-likeness (QED) is 0.772. The predicted molar refractivity (Wildman–Crippen MR) is 92.6 cm³/mol. The van der Waals surface area contributed by atoms with Gasteiger partial charge in [-0.05, 0) is 37.1 Å². The van der Waals surface area contributed by atoms with E-state index in [0.717, 1.165) is 36.7 Å². The van der Waals surface area contributed by atoms with E-state index in [1.807, 2.05) is 0 Å². The summed E-state index contributed by atoms with van der Waals surface area (Å²) in [4.78, 5) is 24.5. The number of halogens is 2. The highest BCUT2D eigenvalue weighted by molar-refractivity contribution is 8.00. The zero-order valence-electron chi connectivity index (χ0n) is 13.2. The number of para-hydroxylation sites is 1. The monoisotopic (exact) mass is 362 g/mol. The number of carbonyl (C=O) groups excluding carboxylic acids is 2. The van der Waals surface area contributed by atoms with Crippen LogP contribution in [0.15, 0.2) is 47.4 Å². The molecule has 1 fully saturated rings. The molecule has 0 saturated heterocycles. The summed E-state index contributed by atoms with van der Waals surface area (Å²) in [5.74, 6) is -2.03. The molecule has 130 valence electrons. The van der Waals surface area contributed by atoms with E-state index in [0.29, 0.717) is 11.3 Å². The van der Waals surface area contributed by atoms with Gasteiger partial charge in [-0.3, -0.25) is 9.59 Å². The second-order valence-corrected chi connectivity index (χ2v) is 6.72. The van der Waals surface area contributed by atoms with Gasteiger partial charge in [0.1, 0.15) is 11.6 Å². The smallest absolute Gasteiger partial charge is 0.253 e. The molecule has 0 bridgehead atoms. The molecular formula is C18H16F2N2O2S. The van der Waals surface area contributed by atoms with Gasteiger partial charge in [-0.15, -0.1) is 11.8 Å². The number of hydrogen-bond acceptors (Lipinski definition) is 3. The van der Waals surface area contributed by atoms with Crippen molar-refractivity contribution in [3.8, 4) is 0 Å². The SMILES string of the molecule is O=C(CSc1ccc(F)cc1F)Nc1ccccc1C(=O)NC1CC1. The van der Waals surface area contributed by atoms with Gasteiger partial charge in [-0.25, -0.2) is 8.78 Å². The zero-order chi connectivity index (χ0) is 17.8. The molecule has 0 spiro atoms. The topological polar surface area (TPSA) is 58.2 Å². The lowest BCUT2D eigenvalue weighted by Crippen LogP contribution is -2.27. The maximum Gasteiger partial charge on any atom is 0.253 e. The van der Waals surface area contributed by atoms with Crippen molar-refractivity contribution >= 4 is 29.3 Å². The van der Waals surface area contributed by atoms with Gasteiger partial charge in [-0.2, -0.15) is 0 Å². The first-order valence-electron chi connectivity index (χ1n) is 7.80. The van der Waals surface area contributed by atoms with Gasteiger partial charge in [0.05, 0.1) is 17.0 Å². The van der Waals surface area contributed by atoms with Crippen molar-refractivity contribution in [1.29, 1.82) is 0 Å². The lowest BCUT2D eigenvalue weighted by atomic mass is 10.1. The van der Waals surface area contributed by atoms with Crippen LogP contribution in [0.3, 0.4) is 0 Å². The minimum absolute atomic E-state index is 0.0544. The number of nitrogens with one attached hydrogen (secondary N) is 2. The summed E-state index contributed by atoms with van der Waals surface area (Å²) >= 11 is 0.964.